The number of hydrogen-bond acceptors (Lipinski definition) is 7. The maximum absolute atomic E-state index is 14.4. The Morgan fingerprint density at radius 1 is 0.867 bits per heavy atom. The average Bonchev–Trinajstić information content (AvgIpc) is 3.21. The van der Waals surface area contributed by atoms with Crippen LogP contribution in [0.25, 0.3) is 0 Å². The largest absolute Gasteiger partial charge is 0.481 e. The second kappa shape index (κ2) is 12.7. The standard InChI is InChI=1S/C33H34N4O8/c1-32(2,27(40)26(29(42)43)36(23-17-11-6-12-18-23)28(41)24(34)19-25(38)39)37-30(44)33(3,22-15-9-5-10-16-22)35(31(37)45)20-21-13-7-4-8-14-21/h4-18,24,26H,19-20,34H2,1-3H3,(H,38,39)(H,42,43)/t24-,26-,33+/m0/s1. The fourth-order valence-electron chi connectivity index (χ4n) is 5.49. The number of urea groups is 1. The molecule has 0 saturated carbocycles. The Hall–Kier alpha value is -5.36. The number of carboxylic acids is 2. The third-order valence-electron chi connectivity index (χ3n) is 7.99. The zero-order chi connectivity index (χ0) is 33.1. The lowest BCUT2D eigenvalue weighted by Gasteiger charge is -2.38. The topological polar surface area (TPSA) is 179 Å². The van der Waals surface area contributed by atoms with Crippen LogP contribution in [0.2, 0.25) is 0 Å². The fraction of sp³-hybridized carbons (Fsp3) is 0.273. The second-order valence-electron chi connectivity index (χ2n) is 11.3. The van der Waals surface area contributed by atoms with Gasteiger partial charge in [-0.1, -0.05) is 78.9 Å². The predicted molar refractivity (Wildman–Crippen MR) is 163 cm³/mol. The number of Topliss-reactive ketones (excluding diaryl/α,β-unsaturated/α-hetero) is 1. The molecule has 0 unspecified atom stereocenters. The van der Waals surface area contributed by atoms with Crippen molar-refractivity contribution < 1.29 is 39.0 Å². The van der Waals surface area contributed by atoms with Crippen LogP contribution in [0.1, 0.15) is 38.3 Å². The van der Waals surface area contributed by atoms with Crippen molar-refractivity contribution in [3.63, 3.8) is 0 Å². The zero-order valence-corrected chi connectivity index (χ0v) is 25.0. The number of carboxylic acid groups (broad SMARTS) is 2. The maximum atomic E-state index is 14.4. The van der Waals surface area contributed by atoms with Gasteiger partial charge in [0.15, 0.2) is 11.8 Å². The number of para-hydroxylation sites is 1. The number of aliphatic carboxylic acids is 2. The Balaban J connectivity index is 1.82. The summed E-state index contributed by atoms with van der Waals surface area (Å²) in [5, 5.41) is 19.6. The molecule has 4 rings (SSSR count). The van der Waals surface area contributed by atoms with E-state index in [1.54, 1.807) is 73.7 Å². The van der Waals surface area contributed by atoms with Crippen molar-refractivity contribution in [3.05, 3.63) is 102 Å². The SMILES string of the molecule is CC(C)(C(=O)[C@@H](C(=O)O)N(C(=O)[C@@H](N)CC(=O)O)c1ccccc1)N1C(=O)N(Cc2ccccc2)[C@](C)(c2ccccc2)C1=O. The third kappa shape index (κ3) is 6.04. The minimum absolute atomic E-state index is 0.00138. The van der Waals surface area contributed by atoms with Gasteiger partial charge in [0.2, 0.25) is 5.91 Å². The molecule has 12 nitrogen and oxygen atoms in total. The Morgan fingerprint density at radius 2 is 1.38 bits per heavy atom. The van der Waals surface area contributed by atoms with E-state index in [2.05, 4.69) is 0 Å². The van der Waals surface area contributed by atoms with Gasteiger partial charge < -0.3 is 20.8 Å². The molecule has 0 spiro atoms. The molecule has 0 radical (unpaired) electrons. The van der Waals surface area contributed by atoms with E-state index < -0.39 is 65.1 Å². The van der Waals surface area contributed by atoms with Gasteiger partial charge in [-0.2, -0.15) is 0 Å². The number of benzene rings is 3. The van der Waals surface area contributed by atoms with E-state index in [4.69, 9.17) is 5.73 Å². The molecule has 4 N–H and O–H groups in total. The molecular weight excluding hydrogens is 580 g/mol. The zero-order valence-electron chi connectivity index (χ0n) is 25.0. The minimum atomic E-state index is -2.28. The first kappa shape index (κ1) is 32.6. The Labute approximate surface area is 259 Å². The van der Waals surface area contributed by atoms with Crippen LogP contribution in [0.3, 0.4) is 0 Å². The summed E-state index contributed by atoms with van der Waals surface area (Å²) in [6.07, 6.45) is -0.834. The molecule has 1 saturated heterocycles. The van der Waals surface area contributed by atoms with Gasteiger partial charge in [0.05, 0.1) is 12.5 Å². The lowest BCUT2D eigenvalue weighted by atomic mass is 9.86. The number of anilines is 1. The molecule has 3 atom stereocenters. The quantitative estimate of drug-likeness (QED) is 0.204. The normalized spacial score (nSPS) is 18.0. The number of rotatable bonds is 12. The van der Waals surface area contributed by atoms with Gasteiger partial charge in [-0.15, -0.1) is 0 Å². The molecule has 45 heavy (non-hydrogen) atoms. The molecule has 1 aliphatic rings. The van der Waals surface area contributed by atoms with Crippen LogP contribution in [0.4, 0.5) is 10.5 Å². The Kier molecular flexibility index (Phi) is 9.19. The van der Waals surface area contributed by atoms with E-state index in [0.29, 0.717) is 16.0 Å². The number of nitrogens with zero attached hydrogens (tertiary/aromatic N) is 3. The number of ketones is 1. The van der Waals surface area contributed by atoms with E-state index in [1.807, 2.05) is 0 Å². The van der Waals surface area contributed by atoms with Gasteiger partial charge in [-0.3, -0.25) is 24.1 Å². The predicted octanol–water partition coefficient (Wildman–Crippen LogP) is 3.00. The smallest absolute Gasteiger partial charge is 0.334 e. The van der Waals surface area contributed by atoms with Gasteiger partial charge in [0.25, 0.3) is 5.91 Å². The Bertz CT molecular complexity index is 1610. The van der Waals surface area contributed by atoms with Crippen LogP contribution in [0, 0.1) is 0 Å². The van der Waals surface area contributed by atoms with Gasteiger partial charge in [-0.25, -0.2) is 14.5 Å². The number of hydrogen-bond donors (Lipinski definition) is 3. The highest BCUT2D eigenvalue weighted by molar-refractivity contribution is 6.19. The van der Waals surface area contributed by atoms with Crippen molar-refractivity contribution in [2.75, 3.05) is 4.90 Å². The van der Waals surface area contributed by atoms with Crippen molar-refractivity contribution in [1.29, 1.82) is 0 Å². The molecule has 3 aromatic carbocycles. The van der Waals surface area contributed by atoms with E-state index in [0.717, 1.165) is 4.90 Å². The summed E-state index contributed by atoms with van der Waals surface area (Å²) in [5.74, 6) is -6.25. The van der Waals surface area contributed by atoms with E-state index in [9.17, 15) is 39.0 Å². The molecule has 4 amide bonds. The van der Waals surface area contributed by atoms with Crippen molar-refractivity contribution in [1.82, 2.24) is 9.80 Å². The first-order valence-corrected chi connectivity index (χ1v) is 14.1. The van der Waals surface area contributed by atoms with Crippen molar-refractivity contribution >= 4 is 41.3 Å². The number of nitrogens with two attached hydrogens (primary N) is 1. The highest BCUT2D eigenvalue weighted by atomic mass is 16.4. The number of imide groups is 1. The average molecular weight is 615 g/mol. The molecule has 0 aromatic heterocycles. The summed E-state index contributed by atoms with van der Waals surface area (Å²) < 4.78 is 0. The summed E-state index contributed by atoms with van der Waals surface area (Å²) >= 11 is 0. The van der Waals surface area contributed by atoms with Crippen LogP contribution in [0.15, 0.2) is 91.0 Å². The summed E-state index contributed by atoms with van der Waals surface area (Å²) in [4.78, 5) is 83.3. The first-order valence-electron chi connectivity index (χ1n) is 14.1. The fourth-order valence-corrected chi connectivity index (χ4v) is 5.49. The Morgan fingerprint density at radius 3 is 1.89 bits per heavy atom. The summed E-state index contributed by atoms with van der Waals surface area (Å²) in [6, 6.07) is 20.0. The van der Waals surface area contributed by atoms with E-state index >= 15 is 0 Å². The van der Waals surface area contributed by atoms with Crippen LogP contribution < -0.4 is 10.6 Å². The first-order chi connectivity index (χ1) is 21.2. The van der Waals surface area contributed by atoms with Crippen LogP contribution in [0.5, 0.6) is 0 Å². The summed E-state index contributed by atoms with van der Waals surface area (Å²) in [7, 11) is 0. The molecule has 12 heteroatoms. The van der Waals surface area contributed by atoms with E-state index in [1.165, 1.54) is 43.0 Å². The summed E-state index contributed by atoms with van der Waals surface area (Å²) in [6.45, 7) is 4.04. The second-order valence-corrected chi connectivity index (χ2v) is 11.3. The highest BCUT2D eigenvalue weighted by Gasteiger charge is 2.62. The molecule has 3 aromatic rings. The van der Waals surface area contributed by atoms with Crippen LogP contribution in [-0.4, -0.2) is 73.2 Å². The molecule has 1 heterocycles. The number of carbonyl (C=O) groups excluding carboxylic acids is 4. The van der Waals surface area contributed by atoms with Crippen molar-refractivity contribution in [2.24, 2.45) is 5.73 Å². The van der Waals surface area contributed by atoms with Crippen LogP contribution in [-0.2, 0) is 36.1 Å². The third-order valence-corrected chi connectivity index (χ3v) is 7.99. The highest BCUT2D eigenvalue weighted by Crippen LogP contribution is 2.42. The number of amides is 4. The molecule has 0 aliphatic carbocycles. The monoisotopic (exact) mass is 614 g/mol. The molecule has 1 aliphatic heterocycles. The van der Waals surface area contributed by atoms with Crippen molar-refractivity contribution in [2.45, 2.75) is 56.9 Å². The lowest BCUT2D eigenvalue weighted by molar-refractivity contribution is -0.150. The van der Waals surface area contributed by atoms with Crippen molar-refractivity contribution in [3.8, 4) is 0 Å². The van der Waals surface area contributed by atoms with Gasteiger partial charge in [0.1, 0.15) is 11.1 Å². The van der Waals surface area contributed by atoms with Crippen LogP contribution >= 0.6 is 0 Å². The van der Waals surface area contributed by atoms with E-state index in [-0.39, 0.29) is 12.2 Å². The minimum Gasteiger partial charge on any atom is -0.481 e. The number of carbonyl (C=O) groups is 6. The van der Waals surface area contributed by atoms with Gasteiger partial charge in [-0.05, 0) is 44.0 Å². The molecule has 234 valence electrons. The molecular formula is C33H34N4O8. The summed E-state index contributed by atoms with van der Waals surface area (Å²) in [5.41, 5.74) is 3.31. The van der Waals surface area contributed by atoms with Gasteiger partial charge in [0, 0.05) is 12.2 Å². The molecule has 0 bridgehead atoms. The molecule has 1 fully saturated rings. The maximum Gasteiger partial charge on any atom is 0.334 e. The lowest BCUT2D eigenvalue weighted by Crippen LogP contribution is -2.64. The van der Waals surface area contributed by atoms with Gasteiger partial charge >= 0.3 is 18.0 Å².